The maximum Gasteiger partial charge on any atom is 0.251 e. The van der Waals surface area contributed by atoms with Crippen molar-refractivity contribution < 1.29 is 19.4 Å². The number of rotatable bonds is 13. The molecule has 36 heavy (non-hydrogen) atoms. The summed E-state index contributed by atoms with van der Waals surface area (Å²) in [6.07, 6.45) is 1.52. The van der Waals surface area contributed by atoms with E-state index < -0.39 is 17.0 Å². The summed E-state index contributed by atoms with van der Waals surface area (Å²) >= 11 is 0. The van der Waals surface area contributed by atoms with Gasteiger partial charge >= 0.3 is 0 Å². The minimum Gasteiger partial charge on any atom is -0.497 e. The number of aliphatic imine (C=N–C) groups is 1. The molecule has 196 valence electrons. The van der Waals surface area contributed by atoms with Crippen LogP contribution in [0.1, 0.15) is 51.5 Å². The number of amides is 2. The Bertz CT molecular complexity index is 1090. The molecule has 0 saturated carbocycles. The van der Waals surface area contributed by atoms with Crippen LogP contribution in [0.15, 0.2) is 41.4 Å². The van der Waals surface area contributed by atoms with Crippen molar-refractivity contribution in [3.8, 4) is 5.75 Å². The van der Waals surface area contributed by atoms with Crippen molar-refractivity contribution in [1.82, 2.24) is 16.1 Å². The standard InChI is InChI=1S/C25H36N6O5/c1-16(2)11-13-27-24(33)22(6-5-12-28-25(26)30-31(34)35)29-23(32)17(3)18-7-8-20-15-21(36-4)10-9-19(20)14-18/h7-10,14-17,22H,5-6,11-13H2,1-4H3,(H,27,33)(H,29,32)(H3,26,28,30)/t17?,22-/m0/s1. The zero-order valence-electron chi connectivity index (χ0n) is 21.2. The van der Waals surface area contributed by atoms with Gasteiger partial charge in [0.1, 0.15) is 11.8 Å². The van der Waals surface area contributed by atoms with E-state index in [0.29, 0.717) is 25.3 Å². The summed E-state index contributed by atoms with van der Waals surface area (Å²) in [6, 6.07) is 10.8. The lowest BCUT2D eigenvalue weighted by Gasteiger charge is -2.21. The van der Waals surface area contributed by atoms with E-state index in [4.69, 9.17) is 10.5 Å². The summed E-state index contributed by atoms with van der Waals surface area (Å²) in [7, 11) is 1.61. The number of hydrazine groups is 1. The van der Waals surface area contributed by atoms with Crippen molar-refractivity contribution in [3.63, 3.8) is 0 Å². The molecule has 0 fully saturated rings. The van der Waals surface area contributed by atoms with E-state index in [-0.39, 0.29) is 24.3 Å². The van der Waals surface area contributed by atoms with Gasteiger partial charge in [0, 0.05) is 13.1 Å². The van der Waals surface area contributed by atoms with E-state index in [1.165, 1.54) is 0 Å². The lowest BCUT2D eigenvalue weighted by atomic mass is 9.96. The van der Waals surface area contributed by atoms with Crippen LogP contribution in [0.5, 0.6) is 5.75 Å². The second-order valence-corrected chi connectivity index (χ2v) is 9.01. The molecule has 0 spiro atoms. The van der Waals surface area contributed by atoms with Gasteiger partial charge in [0.05, 0.1) is 13.0 Å². The van der Waals surface area contributed by atoms with Crippen molar-refractivity contribution in [2.45, 2.75) is 52.0 Å². The molecular formula is C25H36N6O5. The fourth-order valence-corrected chi connectivity index (χ4v) is 3.59. The van der Waals surface area contributed by atoms with E-state index in [9.17, 15) is 19.7 Å². The molecule has 0 radical (unpaired) electrons. The van der Waals surface area contributed by atoms with Crippen molar-refractivity contribution in [2.75, 3.05) is 20.2 Å². The molecule has 11 heteroatoms. The van der Waals surface area contributed by atoms with E-state index >= 15 is 0 Å². The fourth-order valence-electron chi connectivity index (χ4n) is 3.59. The number of hydrogen-bond acceptors (Lipinski definition) is 6. The van der Waals surface area contributed by atoms with Crippen LogP contribution in [-0.2, 0) is 9.59 Å². The number of carbonyl (C=O) groups excluding carboxylic acids is 2. The highest BCUT2D eigenvalue weighted by Crippen LogP contribution is 2.25. The summed E-state index contributed by atoms with van der Waals surface area (Å²) in [5.41, 5.74) is 8.02. The first-order valence-electron chi connectivity index (χ1n) is 12.0. The zero-order valence-corrected chi connectivity index (χ0v) is 21.2. The van der Waals surface area contributed by atoms with Crippen LogP contribution in [0, 0.1) is 16.0 Å². The Morgan fingerprint density at radius 3 is 2.44 bits per heavy atom. The van der Waals surface area contributed by atoms with Crippen molar-refractivity contribution in [3.05, 3.63) is 52.1 Å². The van der Waals surface area contributed by atoms with Crippen LogP contribution in [0.4, 0.5) is 0 Å². The number of nitro groups is 1. The van der Waals surface area contributed by atoms with Gasteiger partial charge in [0.2, 0.25) is 11.8 Å². The molecule has 0 saturated heterocycles. The normalized spacial score (nSPS) is 13.2. The minimum atomic E-state index is -0.797. The first-order chi connectivity index (χ1) is 17.1. The highest BCUT2D eigenvalue weighted by Gasteiger charge is 2.24. The molecule has 2 aromatic rings. The molecule has 1 unspecified atom stereocenters. The number of carbonyl (C=O) groups is 2. The van der Waals surface area contributed by atoms with E-state index in [1.807, 2.05) is 36.4 Å². The van der Waals surface area contributed by atoms with E-state index in [2.05, 4.69) is 29.5 Å². The lowest BCUT2D eigenvalue weighted by molar-refractivity contribution is -0.525. The summed E-state index contributed by atoms with van der Waals surface area (Å²) < 4.78 is 5.27. The van der Waals surface area contributed by atoms with Gasteiger partial charge in [-0.2, -0.15) is 0 Å². The Kier molecular flexibility index (Phi) is 10.9. The second kappa shape index (κ2) is 13.9. The van der Waals surface area contributed by atoms with Crippen LogP contribution in [0.3, 0.4) is 0 Å². The second-order valence-electron chi connectivity index (χ2n) is 9.01. The van der Waals surface area contributed by atoms with Crippen LogP contribution in [0.25, 0.3) is 10.8 Å². The Balaban J connectivity index is 2.07. The van der Waals surface area contributed by atoms with Gasteiger partial charge in [-0.25, -0.2) is 15.1 Å². The average Bonchev–Trinajstić information content (AvgIpc) is 2.83. The molecule has 0 aliphatic heterocycles. The molecule has 11 nitrogen and oxygen atoms in total. The van der Waals surface area contributed by atoms with Gasteiger partial charge in [-0.3, -0.25) is 9.59 Å². The summed E-state index contributed by atoms with van der Waals surface area (Å²) in [4.78, 5) is 40.2. The van der Waals surface area contributed by atoms with E-state index in [1.54, 1.807) is 19.5 Å². The number of guanidine groups is 1. The van der Waals surface area contributed by atoms with Gasteiger partial charge in [0.15, 0.2) is 5.03 Å². The first-order valence-corrected chi connectivity index (χ1v) is 12.0. The van der Waals surface area contributed by atoms with Crippen LogP contribution in [0.2, 0.25) is 0 Å². The van der Waals surface area contributed by atoms with Crippen LogP contribution < -0.4 is 26.5 Å². The van der Waals surface area contributed by atoms with Crippen LogP contribution in [-0.4, -0.2) is 49.0 Å². The van der Waals surface area contributed by atoms with Crippen molar-refractivity contribution in [1.29, 1.82) is 0 Å². The predicted molar refractivity (Wildman–Crippen MR) is 139 cm³/mol. The molecule has 0 aromatic heterocycles. The molecule has 0 bridgehead atoms. The van der Waals surface area contributed by atoms with Gasteiger partial charge in [-0.15, -0.1) is 0 Å². The number of benzene rings is 2. The summed E-state index contributed by atoms with van der Waals surface area (Å²) in [5.74, 6) is -0.165. The highest BCUT2D eigenvalue weighted by molar-refractivity contribution is 5.92. The highest BCUT2D eigenvalue weighted by atomic mass is 16.7. The average molecular weight is 501 g/mol. The third-order valence-corrected chi connectivity index (χ3v) is 5.76. The maximum absolute atomic E-state index is 13.1. The topological polar surface area (TPSA) is 161 Å². The zero-order chi connectivity index (χ0) is 26.7. The maximum atomic E-state index is 13.1. The number of nitrogens with one attached hydrogen (secondary N) is 3. The Hall–Kier alpha value is -3.89. The molecule has 0 aliphatic carbocycles. The Morgan fingerprint density at radius 2 is 1.78 bits per heavy atom. The monoisotopic (exact) mass is 500 g/mol. The van der Waals surface area contributed by atoms with Gasteiger partial charge in [-0.1, -0.05) is 43.5 Å². The Morgan fingerprint density at radius 1 is 1.08 bits per heavy atom. The first kappa shape index (κ1) is 28.3. The lowest BCUT2D eigenvalue weighted by Crippen LogP contribution is -2.48. The third kappa shape index (κ3) is 9.05. The van der Waals surface area contributed by atoms with Crippen molar-refractivity contribution in [2.24, 2.45) is 16.6 Å². The number of hydrogen-bond donors (Lipinski definition) is 4. The summed E-state index contributed by atoms with van der Waals surface area (Å²) in [5, 5.41) is 17.3. The number of nitrogens with two attached hydrogens (primary N) is 1. The molecule has 0 heterocycles. The van der Waals surface area contributed by atoms with Gasteiger partial charge in [0.25, 0.3) is 5.96 Å². The summed E-state index contributed by atoms with van der Waals surface area (Å²) in [6.45, 7) is 6.59. The third-order valence-electron chi connectivity index (χ3n) is 5.76. The van der Waals surface area contributed by atoms with Crippen molar-refractivity contribution >= 4 is 28.5 Å². The van der Waals surface area contributed by atoms with Gasteiger partial charge < -0.3 is 21.1 Å². The fraction of sp³-hybridized carbons (Fsp3) is 0.480. The molecule has 2 amide bonds. The minimum absolute atomic E-state index is 0.169. The van der Waals surface area contributed by atoms with E-state index in [0.717, 1.165) is 28.5 Å². The molecule has 2 rings (SSSR count). The smallest absolute Gasteiger partial charge is 0.251 e. The molecule has 2 atom stereocenters. The van der Waals surface area contributed by atoms with Crippen LogP contribution >= 0.6 is 0 Å². The Labute approximate surface area is 211 Å². The molecule has 2 aromatic carbocycles. The van der Waals surface area contributed by atoms with Gasteiger partial charge in [-0.05, 0) is 60.6 Å². The largest absolute Gasteiger partial charge is 0.497 e. The number of ether oxygens (including phenoxy) is 1. The molecule has 0 aliphatic rings. The number of nitrogens with zero attached hydrogens (tertiary/aromatic N) is 2. The number of fused-ring (bicyclic) bond motifs is 1. The quantitative estimate of drug-likeness (QED) is 0.108. The molecular weight excluding hydrogens is 464 g/mol. The molecule has 5 N–H and O–H groups in total. The SMILES string of the molecule is COc1ccc2cc(C(C)C(=O)N[C@@H](CCCN=C(N)N[N+](=O)[O-])C(=O)NCCC(C)C)ccc2c1. The number of methoxy groups -OCH3 is 1. The predicted octanol–water partition coefficient (Wildman–Crippen LogP) is 2.48.